The Morgan fingerprint density at radius 2 is 2.12 bits per heavy atom. The van der Waals surface area contributed by atoms with E-state index in [0.29, 0.717) is 23.5 Å². The first kappa shape index (κ1) is 13.0. The van der Waals surface area contributed by atoms with Crippen molar-refractivity contribution in [3.05, 3.63) is 41.5 Å². The number of anilines is 1. The van der Waals surface area contributed by atoms with Crippen LogP contribution in [0.1, 0.15) is 24.8 Å². The Morgan fingerprint density at radius 1 is 1.17 bits per heavy atom. The van der Waals surface area contributed by atoms with Crippen molar-refractivity contribution >= 4 is 5.69 Å². The number of piperidine rings is 2. The van der Waals surface area contributed by atoms with E-state index in [2.05, 4.69) is 40.1 Å². The average Bonchev–Trinajstić information content (AvgIpc) is 3.08. The molecule has 4 fully saturated rings. The van der Waals surface area contributed by atoms with Gasteiger partial charge in [0.05, 0.1) is 12.7 Å². The lowest BCUT2D eigenvalue weighted by molar-refractivity contribution is -0.0566. The number of rotatable bonds is 0. The molecular formula is C21H24N2O. The highest BCUT2D eigenvalue weighted by atomic mass is 16.5. The number of nitrogens with zero attached hydrogens (tertiary/aromatic N) is 2. The van der Waals surface area contributed by atoms with Crippen LogP contribution in [-0.4, -0.2) is 49.3 Å². The number of hydrogen-bond acceptors (Lipinski definition) is 3. The molecule has 6 aliphatic rings. The molecule has 0 amide bonds. The molecule has 1 saturated carbocycles. The Balaban J connectivity index is 1.53. The zero-order valence-corrected chi connectivity index (χ0v) is 14.0. The van der Waals surface area contributed by atoms with Crippen molar-refractivity contribution in [1.29, 1.82) is 0 Å². The molecule has 0 aromatic heterocycles. The summed E-state index contributed by atoms with van der Waals surface area (Å²) in [6.07, 6.45) is 6.84. The highest BCUT2D eigenvalue weighted by Gasteiger charge is 2.69. The Hall–Kier alpha value is -1.32. The minimum atomic E-state index is 0.371. The molecule has 6 atom stereocenters. The minimum Gasteiger partial charge on any atom is -0.374 e. The number of ether oxygens (including phenoxy) is 1. The maximum absolute atomic E-state index is 6.40. The predicted octanol–water partition coefficient (Wildman–Crippen LogP) is 2.57. The number of para-hydroxylation sites is 1. The minimum absolute atomic E-state index is 0.371. The Kier molecular flexibility index (Phi) is 2.20. The Morgan fingerprint density at radius 3 is 3.12 bits per heavy atom. The number of hydrogen-bond donors (Lipinski definition) is 0. The van der Waals surface area contributed by atoms with Gasteiger partial charge in [0.15, 0.2) is 0 Å². The standard InChI is InChI=1S/C21H24N2O/c1-2-4-16-15(3-1)21-7-9-22-12-13-6-10-24-17-5-8-23(16)20(21)19(17)14(13)11-18(21)22/h1-4,6,14,17-20H,5,7-12H2/t14-,17-,18-,19?,20?,21+/m0/s1. The van der Waals surface area contributed by atoms with Crippen molar-refractivity contribution in [3.8, 4) is 0 Å². The van der Waals surface area contributed by atoms with Crippen molar-refractivity contribution in [2.75, 3.05) is 31.1 Å². The van der Waals surface area contributed by atoms with E-state index in [-0.39, 0.29) is 0 Å². The lowest BCUT2D eigenvalue weighted by Gasteiger charge is -2.59. The third kappa shape index (κ3) is 1.23. The first-order valence-corrected chi connectivity index (χ1v) is 9.79. The lowest BCUT2D eigenvalue weighted by Crippen LogP contribution is -2.68. The van der Waals surface area contributed by atoms with Crippen molar-refractivity contribution < 1.29 is 4.74 Å². The lowest BCUT2D eigenvalue weighted by atomic mass is 9.53. The van der Waals surface area contributed by atoms with Gasteiger partial charge in [-0.1, -0.05) is 29.8 Å². The van der Waals surface area contributed by atoms with Gasteiger partial charge in [-0.15, -0.1) is 0 Å². The topological polar surface area (TPSA) is 15.7 Å². The maximum atomic E-state index is 6.40. The first-order chi connectivity index (χ1) is 11.9. The highest BCUT2D eigenvalue weighted by Crippen LogP contribution is 2.65. The molecule has 2 unspecified atom stereocenters. The molecule has 5 heterocycles. The molecule has 124 valence electrons. The highest BCUT2D eigenvalue weighted by molar-refractivity contribution is 5.67. The molecule has 1 aromatic carbocycles. The third-order valence-corrected chi connectivity index (χ3v) is 8.33. The first-order valence-electron chi connectivity index (χ1n) is 9.79. The molecule has 0 radical (unpaired) electrons. The normalized spacial score (nSPS) is 47.2. The Labute approximate surface area is 143 Å². The fraction of sp³-hybridized carbons (Fsp3) is 0.619. The van der Waals surface area contributed by atoms with E-state index < -0.39 is 0 Å². The summed E-state index contributed by atoms with van der Waals surface area (Å²) in [5.41, 5.74) is 5.28. The van der Waals surface area contributed by atoms with Crippen LogP contribution < -0.4 is 4.90 Å². The van der Waals surface area contributed by atoms with Gasteiger partial charge in [-0.05, 0) is 43.4 Å². The van der Waals surface area contributed by atoms with Crippen LogP contribution in [-0.2, 0) is 10.2 Å². The SMILES string of the molecule is C1=C2CN3CC[C@]45c6ccccc6N6CC[C@H](OC1)C(C64)[C@H]2C[C@H]35. The van der Waals surface area contributed by atoms with Crippen molar-refractivity contribution in [3.63, 3.8) is 0 Å². The van der Waals surface area contributed by atoms with Gasteiger partial charge in [0, 0.05) is 42.2 Å². The van der Waals surface area contributed by atoms with Crippen LogP contribution in [0.5, 0.6) is 0 Å². The van der Waals surface area contributed by atoms with E-state index in [4.69, 9.17) is 4.74 Å². The van der Waals surface area contributed by atoms with Gasteiger partial charge in [0.1, 0.15) is 0 Å². The molecule has 5 aliphatic heterocycles. The van der Waals surface area contributed by atoms with E-state index in [1.807, 2.05) is 0 Å². The summed E-state index contributed by atoms with van der Waals surface area (Å²) >= 11 is 0. The second-order valence-corrected chi connectivity index (χ2v) is 8.79. The smallest absolute Gasteiger partial charge is 0.0654 e. The summed E-state index contributed by atoms with van der Waals surface area (Å²) in [6.45, 7) is 4.52. The molecule has 2 bridgehead atoms. The maximum Gasteiger partial charge on any atom is 0.0654 e. The van der Waals surface area contributed by atoms with Crippen LogP contribution in [0.4, 0.5) is 5.69 Å². The van der Waals surface area contributed by atoms with Gasteiger partial charge in [0.2, 0.25) is 0 Å². The van der Waals surface area contributed by atoms with Crippen LogP contribution in [0.2, 0.25) is 0 Å². The summed E-state index contributed by atoms with van der Waals surface area (Å²) in [5.74, 6) is 1.48. The van der Waals surface area contributed by atoms with Crippen molar-refractivity contribution in [2.45, 2.75) is 42.9 Å². The van der Waals surface area contributed by atoms with Crippen LogP contribution in [0.15, 0.2) is 35.9 Å². The second-order valence-electron chi connectivity index (χ2n) is 8.79. The largest absolute Gasteiger partial charge is 0.374 e. The fourth-order valence-electron chi connectivity index (χ4n) is 7.68. The summed E-state index contributed by atoms with van der Waals surface area (Å²) < 4.78 is 6.40. The molecule has 3 saturated heterocycles. The van der Waals surface area contributed by atoms with Gasteiger partial charge in [-0.25, -0.2) is 0 Å². The zero-order valence-electron chi connectivity index (χ0n) is 14.0. The van der Waals surface area contributed by atoms with Gasteiger partial charge in [-0.2, -0.15) is 0 Å². The van der Waals surface area contributed by atoms with E-state index in [1.165, 1.54) is 38.9 Å². The molecule has 1 aliphatic carbocycles. The second kappa shape index (κ2) is 4.08. The molecular weight excluding hydrogens is 296 g/mol. The van der Waals surface area contributed by atoms with E-state index >= 15 is 0 Å². The molecule has 1 aromatic rings. The number of fused-ring (bicyclic) bond motifs is 2. The zero-order chi connectivity index (χ0) is 15.5. The molecule has 3 heteroatoms. The van der Waals surface area contributed by atoms with E-state index in [1.54, 1.807) is 16.8 Å². The van der Waals surface area contributed by atoms with Crippen LogP contribution >= 0.6 is 0 Å². The van der Waals surface area contributed by atoms with Gasteiger partial charge in [0.25, 0.3) is 0 Å². The van der Waals surface area contributed by atoms with Crippen molar-refractivity contribution in [2.24, 2.45) is 11.8 Å². The molecule has 0 N–H and O–H groups in total. The summed E-state index contributed by atoms with van der Waals surface area (Å²) in [6, 6.07) is 10.8. The molecule has 24 heavy (non-hydrogen) atoms. The average molecular weight is 320 g/mol. The van der Waals surface area contributed by atoms with Crippen LogP contribution in [0.25, 0.3) is 0 Å². The third-order valence-electron chi connectivity index (χ3n) is 8.33. The van der Waals surface area contributed by atoms with Crippen molar-refractivity contribution in [1.82, 2.24) is 4.90 Å². The predicted molar refractivity (Wildman–Crippen MR) is 93.3 cm³/mol. The Bertz CT molecular complexity index is 773. The summed E-state index contributed by atoms with van der Waals surface area (Å²) in [4.78, 5) is 5.62. The molecule has 1 spiro atoms. The van der Waals surface area contributed by atoms with Gasteiger partial charge < -0.3 is 9.64 Å². The summed E-state index contributed by atoms with van der Waals surface area (Å²) in [7, 11) is 0. The van der Waals surface area contributed by atoms with Gasteiger partial charge in [-0.3, -0.25) is 4.90 Å². The van der Waals surface area contributed by atoms with E-state index in [9.17, 15) is 0 Å². The van der Waals surface area contributed by atoms with E-state index in [0.717, 1.165) is 18.6 Å². The quantitative estimate of drug-likeness (QED) is 0.683. The summed E-state index contributed by atoms with van der Waals surface area (Å²) in [5, 5.41) is 0. The number of benzene rings is 1. The van der Waals surface area contributed by atoms with Gasteiger partial charge >= 0.3 is 0 Å². The molecule has 7 rings (SSSR count). The monoisotopic (exact) mass is 320 g/mol. The molecule has 3 nitrogen and oxygen atoms in total. The van der Waals surface area contributed by atoms with Crippen LogP contribution in [0, 0.1) is 11.8 Å². The fourth-order valence-corrected chi connectivity index (χ4v) is 7.68. The van der Waals surface area contributed by atoms with Crippen LogP contribution in [0.3, 0.4) is 0 Å².